The number of carbonyl (C=O) groups is 1. The van der Waals surface area contributed by atoms with Gasteiger partial charge >= 0.3 is 6.18 Å². The van der Waals surface area contributed by atoms with Crippen LogP contribution in [0.1, 0.15) is 19.0 Å². The van der Waals surface area contributed by atoms with Gasteiger partial charge in [0.2, 0.25) is 5.91 Å². The van der Waals surface area contributed by atoms with Crippen LogP contribution >= 0.6 is 0 Å². The van der Waals surface area contributed by atoms with Gasteiger partial charge in [0, 0.05) is 44.5 Å². The lowest BCUT2D eigenvalue weighted by atomic mass is 10.1. The number of carbonyl (C=O) groups excluding carboxylic acids is 1. The van der Waals surface area contributed by atoms with E-state index in [-0.39, 0.29) is 19.0 Å². The molecule has 122 valence electrons. The van der Waals surface area contributed by atoms with E-state index in [4.69, 9.17) is 0 Å². The number of hydrogen-bond acceptors (Lipinski definition) is 3. The zero-order valence-corrected chi connectivity index (χ0v) is 12.5. The summed E-state index contributed by atoms with van der Waals surface area (Å²) in [6, 6.07) is 4.07. The maximum atomic E-state index is 12.7. The summed E-state index contributed by atoms with van der Waals surface area (Å²) in [6.07, 6.45) is -1.65. The number of halogens is 3. The molecule has 0 N–H and O–H groups in total. The first-order valence-corrected chi connectivity index (χ1v) is 7.36. The Labute approximate surface area is 127 Å². The van der Waals surface area contributed by atoms with Crippen LogP contribution in [0.3, 0.4) is 0 Å². The van der Waals surface area contributed by atoms with Gasteiger partial charge in [0.25, 0.3) is 0 Å². The largest absolute Gasteiger partial charge is 0.403 e. The quantitative estimate of drug-likeness (QED) is 0.854. The van der Waals surface area contributed by atoms with Gasteiger partial charge in [0.15, 0.2) is 0 Å². The predicted octanol–water partition coefficient (Wildman–Crippen LogP) is 2.11. The van der Waals surface area contributed by atoms with Gasteiger partial charge in [0.1, 0.15) is 6.04 Å². The summed E-state index contributed by atoms with van der Waals surface area (Å²) in [5, 5.41) is 0. The molecule has 22 heavy (non-hydrogen) atoms. The van der Waals surface area contributed by atoms with E-state index >= 15 is 0 Å². The SMILES string of the molecule is C[C@@H](N1CCN(C(=O)CCc2ccccn2)CC1)C(F)(F)F. The fraction of sp³-hybridized carbons (Fsp3) is 0.600. The molecule has 1 fully saturated rings. The van der Waals surface area contributed by atoms with Crippen molar-refractivity contribution in [2.75, 3.05) is 26.2 Å². The minimum atomic E-state index is -4.22. The van der Waals surface area contributed by atoms with Crippen LogP contribution in [-0.4, -0.2) is 59.1 Å². The highest BCUT2D eigenvalue weighted by molar-refractivity contribution is 5.76. The summed E-state index contributed by atoms with van der Waals surface area (Å²) in [5.74, 6) is -0.0232. The number of pyridine rings is 1. The van der Waals surface area contributed by atoms with Gasteiger partial charge in [-0.15, -0.1) is 0 Å². The van der Waals surface area contributed by atoms with Crippen molar-refractivity contribution >= 4 is 5.91 Å². The summed E-state index contributed by atoms with van der Waals surface area (Å²) in [5.41, 5.74) is 0.847. The Kier molecular flexibility index (Phi) is 5.39. The minimum Gasteiger partial charge on any atom is -0.340 e. The molecule has 1 atom stereocenters. The molecule has 0 saturated carbocycles. The average molecular weight is 315 g/mol. The van der Waals surface area contributed by atoms with Gasteiger partial charge in [-0.2, -0.15) is 13.2 Å². The second-order valence-electron chi connectivity index (χ2n) is 5.46. The lowest BCUT2D eigenvalue weighted by molar-refractivity contribution is -0.183. The number of nitrogens with zero attached hydrogens (tertiary/aromatic N) is 3. The summed E-state index contributed by atoms with van der Waals surface area (Å²) in [4.78, 5) is 19.3. The van der Waals surface area contributed by atoms with Crippen LogP contribution in [0, 0.1) is 0 Å². The number of alkyl halides is 3. The second-order valence-corrected chi connectivity index (χ2v) is 5.46. The lowest BCUT2D eigenvalue weighted by Crippen LogP contribution is -2.54. The Hall–Kier alpha value is -1.63. The fourth-order valence-electron chi connectivity index (χ4n) is 2.50. The van der Waals surface area contributed by atoms with Crippen molar-refractivity contribution in [3.63, 3.8) is 0 Å². The standard InChI is InChI=1S/C15H20F3N3O/c1-12(15(16,17)18)20-8-10-21(11-9-20)14(22)6-5-13-4-2-3-7-19-13/h2-4,7,12H,5-6,8-11H2,1H3/t12-/m1/s1. The average Bonchev–Trinajstić information content (AvgIpc) is 2.52. The molecule has 7 heteroatoms. The number of amides is 1. The van der Waals surface area contributed by atoms with E-state index in [0.29, 0.717) is 25.9 Å². The van der Waals surface area contributed by atoms with E-state index in [2.05, 4.69) is 4.98 Å². The molecule has 0 aliphatic carbocycles. The highest BCUT2D eigenvalue weighted by Crippen LogP contribution is 2.25. The van der Waals surface area contributed by atoms with Crippen molar-refractivity contribution in [1.29, 1.82) is 0 Å². The van der Waals surface area contributed by atoms with Gasteiger partial charge < -0.3 is 4.90 Å². The lowest BCUT2D eigenvalue weighted by Gasteiger charge is -2.38. The third-order valence-corrected chi connectivity index (χ3v) is 4.01. The Bertz CT molecular complexity index is 485. The fourth-order valence-corrected chi connectivity index (χ4v) is 2.50. The van der Waals surface area contributed by atoms with Gasteiger partial charge in [-0.05, 0) is 25.5 Å². The Morgan fingerprint density at radius 1 is 1.27 bits per heavy atom. The molecule has 1 amide bonds. The molecule has 1 saturated heterocycles. The zero-order chi connectivity index (χ0) is 16.2. The number of rotatable bonds is 4. The van der Waals surface area contributed by atoms with Gasteiger partial charge in [-0.1, -0.05) is 6.07 Å². The number of piperazine rings is 1. The molecule has 1 aliphatic heterocycles. The van der Waals surface area contributed by atoms with Crippen molar-refractivity contribution in [2.45, 2.75) is 32.0 Å². The van der Waals surface area contributed by atoms with E-state index in [1.807, 2.05) is 18.2 Å². The van der Waals surface area contributed by atoms with Crippen LogP contribution < -0.4 is 0 Å². The van der Waals surface area contributed by atoms with Crippen molar-refractivity contribution in [3.05, 3.63) is 30.1 Å². The molecular weight excluding hydrogens is 295 g/mol. The highest BCUT2D eigenvalue weighted by atomic mass is 19.4. The number of hydrogen-bond donors (Lipinski definition) is 0. The molecule has 0 unspecified atom stereocenters. The Balaban J connectivity index is 1.78. The van der Waals surface area contributed by atoms with Crippen LogP contribution in [-0.2, 0) is 11.2 Å². The highest BCUT2D eigenvalue weighted by Gasteiger charge is 2.41. The summed E-state index contributed by atoms with van der Waals surface area (Å²) in [7, 11) is 0. The molecule has 2 rings (SSSR count). The predicted molar refractivity (Wildman–Crippen MR) is 76.2 cm³/mol. The Morgan fingerprint density at radius 2 is 1.95 bits per heavy atom. The van der Waals surface area contributed by atoms with Crippen molar-refractivity contribution in [2.24, 2.45) is 0 Å². The second kappa shape index (κ2) is 7.09. The molecule has 2 heterocycles. The summed E-state index contributed by atoms with van der Waals surface area (Å²) >= 11 is 0. The molecule has 4 nitrogen and oxygen atoms in total. The van der Waals surface area contributed by atoms with Gasteiger partial charge in [-0.25, -0.2) is 0 Å². The van der Waals surface area contributed by atoms with Gasteiger partial charge in [0.05, 0.1) is 0 Å². The number of aryl methyl sites for hydroxylation is 1. The van der Waals surface area contributed by atoms with Crippen molar-refractivity contribution < 1.29 is 18.0 Å². The molecule has 0 radical (unpaired) electrons. The Morgan fingerprint density at radius 3 is 2.50 bits per heavy atom. The molecule has 1 aliphatic rings. The smallest absolute Gasteiger partial charge is 0.340 e. The zero-order valence-electron chi connectivity index (χ0n) is 12.5. The summed E-state index contributed by atoms with van der Waals surface area (Å²) < 4.78 is 38.0. The topological polar surface area (TPSA) is 36.4 Å². The van der Waals surface area contributed by atoms with E-state index in [0.717, 1.165) is 5.69 Å². The molecule has 0 aromatic carbocycles. The molecule has 0 bridgehead atoms. The maximum Gasteiger partial charge on any atom is 0.403 e. The molecule has 0 spiro atoms. The van der Waals surface area contributed by atoms with Crippen molar-refractivity contribution in [3.8, 4) is 0 Å². The van der Waals surface area contributed by atoms with Crippen LogP contribution in [0.25, 0.3) is 0 Å². The number of aromatic nitrogens is 1. The first-order valence-electron chi connectivity index (χ1n) is 7.36. The van der Waals surface area contributed by atoms with Crippen LogP contribution in [0.15, 0.2) is 24.4 Å². The van der Waals surface area contributed by atoms with E-state index in [9.17, 15) is 18.0 Å². The van der Waals surface area contributed by atoms with Crippen LogP contribution in [0.4, 0.5) is 13.2 Å². The van der Waals surface area contributed by atoms with Crippen LogP contribution in [0.2, 0.25) is 0 Å². The third kappa shape index (κ3) is 4.43. The van der Waals surface area contributed by atoms with E-state index in [1.165, 1.54) is 11.8 Å². The molecular formula is C15H20F3N3O. The van der Waals surface area contributed by atoms with Crippen molar-refractivity contribution in [1.82, 2.24) is 14.8 Å². The minimum absolute atomic E-state index is 0.0232. The first-order chi connectivity index (χ1) is 10.4. The molecule has 1 aromatic rings. The monoisotopic (exact) mass is 315 g/mol. The first kappa shape index (κ1) is 16.7. The summed E-state index contributed by atoms with van der Waals surface area (Å²) in [6.45, 7) is 2.38. The third-order valence-electron chi connectivity index (χ3n) is 4.01. The van der Waals surface area contributed by atoms with E-state index < -0.39 is 12.2 Å². The van der Waals surface area contributed by atoms with E-state index in [1.54, 1.807) is 11.1 Å². The maximum absolute atomic E-state index is 12.7. The van der Waals surface area contributed by atoms with Gasteiger partial charge in [-0.3, -0.25) is 14.7 Å². The van der Waals surface area contributed by atoms with Crippen LogP contribution in [0.5, 0.6) is 0 Å². The normalized spacial score (nSPS) is 18.3. The molecule has 1 aromatic heterocycles.